The van der Waals surface area contributed by atoms with E-state index in [1.54, 1.807) is 13.0 Å². The molecule has 0 saturated heterocycles. The largest absolute Gasteiger partial charge is 0.478 e. The van der Waals surface area contributed by atoms with Crippen LogP contribution in [0.25, 0.3) is 0 Å². The number of carbonyl (C=O) groups is 1. The summed E-state index contributed by atoms with van der Waals surface area (Å²) in [6.45, 7) is 3.74. The molecule has 3 heteroatoms. The number of aliphatic hydroxyl groups is 1. The number of hydrogen-bond donors (Lipinski definition) is 2. The quantitative estimate of drug-likeness (QED) is 0.767. The van der Waals surface area contributed by atoms with Crippen LogP contribution in [0.2, 0.25) is 0 Å². The first-order valence-corrected chi connectivity index (χ1v) is 4.50. The van der Waals surface area contributed by atoms with Gasteiger partial charge in [-0.1, -0.05) is 6.07 Å². The summed E-state index contributed by atoms with van der Waals surface area (Å²) in [6.07, 6.45) is 0.506. The highest BCUT2D eigenvalue weighted by atomic mass is 16.4. The van der Waals surface area contributed by atoms with Gasteiger partial charge in [0.15, 0.2) is 0 Å². The van der Waals surface area contributed by atoms with Crippen LogP contribution in [0.4, 0.5) is 0 Å². The van der Waals surface area contributed by atoms with E-state index in [1.807, 2.05) is 13.0 Å². The maximum atomic E-state index is 10.8. The molecule has 2 N–H and O–H groups in total. The van der Waals surface area contributed by atoms with E-state index < -0.39 is 5.97 Å². The Morgan fingerprint density at radius 1 is 1.29 bits per heavy atom. The summed E-state index contributed by atoms with van der Waals surface area (Å²) in [6, 6.07) is 3.48. The zero-order valence-electron chi connectivity index (χ0n) is 8.37. The molecule has 14 heavy (non-hydrogen) atoms. The fourth-order valence-corrected chi connectivity index (χ4v) is 1.52. The van der Waals surface area contributed by atoms with E-state index in [1.165, 1.54) is 0 Å². The highest BCUT2D eigenvalue weighted by molar-refractivity contribution is 5.89. The first kappa shape index (κ1) is 10.7. The topological polar surface area (TPSA) is 57.5 Å². The molecule has 0 heterocycles. The molecular weight excluding hydrogens is 180 g/mol. The summed E-state index contributed by atoms with van der Waals surface area (Å²) in [5.74, 6) is -0.915. The SMILES string of the molecule is Cc1cc(C)c(C(=O)O)cc1CCO. The van der Waals surface area contributed by atoms with Crippen LogP contribution in [-0.2, 0) is 6.42 Å². The molecule has 0 amide bonds. The lowest BCUT2D eigenvalue weighted by Crippen LogP contribution is -2.04. The van der Waals surface area contributed by atoms with Crippen LogP contribution in [0.3, 0.4) is 0 Å². The molecule has 0 aliphatic heterocycles. The number of rotatable bonds is 3. The second-order valence-corrected chi connectivity index (χ2v) is 3.37. The molecule has 1 aromatic carbocycles. The minimum absolute atomic E-state index is 0.0446. The van der Waals surface area contributed by atoms with Gasteiger partial charge in [-0.15, -0.1) is 0 Å². The van der Waals surface area contributed by atoms with Crippen LogP contribution >= 0.6 is 0 Å². The Bertz CT molecular complexity index is 356. The predicted molar refractivity (Wildman–Crippen MR) is 53.7 cm³/mol. The van der Waals surface area contributed by atoms with Crippen LogP contribution in [0.15, 0.2) is 12.1 Å². The molecule has 0 unspecified atom stereocenters. The Morgan fingerprint density at radius 2 is 1.93 bits per heavy atom. The van der Waals surface area contributed by atoms with E-state index in [0.29, 0.717) is 12.0 Å². The third-order valence-corrected chi connectivity index (χ3v) is 2.29. The lowest BCUT2D eigenvalue weighted by Gasteiger charge is -2.08. The first-order chi connectivity index (χ1) is 6.56. The van der Waals surface area contributed by atoms with Crippen molar-refractivity contribution in [3.8, 4) is 0 Å². The predicted octanol–water partition coefficient (Wildman–Crippen LogP) is 1.54. The minimum Gasteiger partial charge on any atom is -0.478 e. The van der Waals surface area contributed by atoms with Gasteiger partial charge in [0, 0.05) is 6.61 Å². The van der Waals surface area contributed by atoms with E-state index in [0.717, 1.165) is 16.7 Å². The maximum Gasteiger partial charge on any atom is 0.335 e. The average Bonchev–Trinajstić information content (AvgIpc) is 2.09. The zero-order valence-corrected chi connectivity index (χ0v) is 8.37. The van der Waals surface area contributed by atoms with Crippen molar-refractivity contribution in [1.29, 1.82) is 0 Å². The summed E-state index contributed by atoms with van der Waals surface area (Å²) in [7, 11) is 0. The van der Waals surface area contributed by atoms with E-state index >= 15 is 0 Å². The standard InChI is InChI=1S/C11H14O3/c1-7-5-8(2)10(11(13)14)6-9(7)3-4-12/h5-6,12H,3-4H2,1-2H3,(H,13,14). The van der Waals surface area contributed by atoms with Gasteiger partial charge < -0.3 is 10.2 Å². The molecule has 76 valence electrons. The van der Waals surface area contributed by atoms with Gasteiger partial charge >= 0.3 is 5.97 Å². The molecule has 0 atom stereocenters. The van der Waals surface area contributed by atoms with Gasteiger partial charge in [0.2, 0.25) is 0 Å². The van der Waals surface area contributed by atoms with Gasteiger partial charge in [-0.3, -0.25) is 0 Å². The Hall–Kier alpha value is -1.35. The fourth-order valence-electron chi connectivity index (χ4n) is 1.52. The minimum atomic E-state index is -0.915. The fraction of sp³-hybridized carbons (Fsp3) is 0.364. The Morgan fingerprint density at radius 3 is 2.43 bits per heavy atom. The second-order valence-electron chi connectivity index (χ2n) is 3.37. The van der Waals surface area contributed by atoms with Gasteiger partial charge in [-0.2, -0.15) is 0 Å². The summed E-state index contributed by atoms with van der Waals surface area (Å²) >= 11 is 0. The molecule has 0 fully saturated rings. The van der Waals surface area contributed by atoms with Crippen molar-refractivity contribution in [2.45, 2.75) is 20.3 Å². The molecule has 0 spiro atoms. The number of carboxylic acid groups (broad SMARTS) is 1. The van der Waals surface area contributed by atoms with Crippen molar-refractivity contribution < 1.29 is 15.0 Å². The third kappa shape index (κ3) is 2.12. The van der Waals surface area contributed by atoms with Crippen molar-refractivity contribution in [3.05, 3.63) is 34.4 Å². The number of benzene rings is 1. The maximum absolute atomic E-state index is 10.8. The molecule has 0 aliphatic rings. The number of hydrogen-bond acceptors (Lipinski definition) is 2. The smallest absolute Gasteiger partial charge is 0.335 e. The average molecular weight is 194 g/mol. The Kier molecular flexibility index (Phi) is 3.25. The summed E-state index contributed by atoms with van der Waals surface area (Å²) in [4.78, 5) is 10.8. The summed E-state index contributed by atoms with van der Waals surface area (Å²) in [5.41, 5.74) is 3.01. The van der Waals surface area contributed by atoms with Crippen LogP contribution in [0.1, 0.15) is 27.0 Å². The van der Waals surface area contributed by atoms with Crippen molar-refractivity contribution in [2.75, 3.05) is 6.61 Å². The van der Waals surface area contributed by atoms with Gasteiger partial charge in [0.05, 0.1) is 5.56 Å². The molecule has 1 rings (SSSR count). The molecule has 0 aromatic heterocycles. The molecule has 0 bridgehead atoms. The van der Waals surface area contributed by atoms with E-state index in [2.05, 4.69) is 0 Å². The Balaban J connectivity index is 3.20. The first-order valence-electron chi connectivity index (χ1n) is 4.50. The van der Waals surface area contributed by atoms with Crippen molar-refractivity contribution >= 4 is 5.97 Å². The molecule has 3 nitrogen and oxygen atoms in total. The summed E-state index contributed by atoms with van der Waals surface area (Å²) in [5, 5.41) is 17.7. The molecule has 0 saturated carbocycles. The number of aromatic carboxylic acids is 1. The lowest BCUT2D eigenvalue weighted by molar-refractivity contribution is 0.0696. The van der Waals surface area contributed by atoms with Crippen molar-refractivity contribution in [2.24, 2.45) is 0 Å². The Labute approximate surface area is 83.0 Å². The van der Waals surface area contributed by atoms with Crippen LogP contribution in [-0.4, -0.2) is 22.8 Å². The van der Waals surface area contributed by atoms with Crippen LogP contribution in [0, 0.1) is 13.8 Å². The van der Waals surface area contributed by atoms with Crippen molar-refractivity contribution in [3.63, 3.8) is 0 Å². The molecule has 0 aliphatic carbocycles. The van der Waals surface area contributed by atoms with Gasteiger partial charge in [0.1, 0.15) is 0 Å². The summed E-state index contributed by atoms with van der Waals surface area (Å²) < 4.78 is 0. The van der Waals surface area contributed by atoms with Crippen LogP contribution in [0.5, 0.6) is 0 Å². The van der Waals surface area contributed by atoms with Gasteiger partial charge in [-0.25, -0.2) is 4.79 Å². The highest BCUT2D eigenvalue weighted by Crippen LogP contribution is 2.16. The normalized spacial score (nSPS) is 10.2. The number of aliphatic hydroxyl groups excluding tert-OH is 1. The van der Waals surface area contributed by atoms with E-state index in [4.69, 9.17) is 10.2 Å². The highest BCUT2D eigenvalue weighted by Gasteiger charge is 2.09. The van der Waals surface area contributed by atoms with Crippen molar-refractivity contribution in [1.82, 2.24) is 0 Å². The third-order valence-electron chi connectivity index (χ3n) is 2.29. The zero-order chi connectivity index (χ0) is 10.7. The lowest BCUT2D eigenvalue weighted by atomic mass is 9.98. The van der Waals surface area contributed by atoms with Gasteiger partial charge in [-0.05, 0) is 43.0 Å². The van der Waals surface area contributed by atoms with Crippen LogP contribution < -0.4 is 0 Å². The molecular formula is C11H14O3. The molecule has 0 radical (unpaired) electrons. The molecule has 1 aromatic rings. The van der Waals surface area contributed by atoms with Gasteiger partial charge in [0.25, 0.3) is 0 Å². The number of carboxylic acids is 1. The van der Waals surface area contributed by atoms with E-state index in [9.17, 15) is 4.79 Å². The monoisotopic (exact) mass is 194 g/mol. The van der Waals surface area contributed by atoms with E-state index in [-0.39, 0.29) is 6.61 Å². The number of aryl methyl sites for hydroxylation is 2. The second kappa shape index (κ2) is 4.24.